The number of hydrogen-bond donors (Lipinski definition) is 0. The zero-order valence-electron chi connectivity index (χ0n) is 36.2. The first kappa shape index (κ1) is 37.0. The summed E-state index contributed by atoms with van der Waals surface area (Å²) in [6.07, 6.45) is 3.64. The van der Waals surface area contributed by atoms with E-state index in [4.69, 9.17) is 4.42 Å². The molecule has 1 spiro atoms. The van der Waals surface area contributed by atoms with Crippen LogP contribution in [0.4, 0.5) is 0 Å². The zero-order chi connectivity index (χ0) is 42.1. The number of benzene rings is 7. The normalized spacial score (nSPS) is 15.2. The van der Waals surface area contributed by atoms with Gasteiger partial charge in [-0.2, -0.15) is 4.57 Å². The molecule has 5 heteroatoms. The summed E-state index contributed by atoms with van der Waals surface area (Å²) in [7, 11) is -1.86. The Bertz CT molecular complexity index is 3400. The molecule has 1 atom stereocenters. The topological polar surface area (TPSA) is 25.8 Å². The zero-order valence-corrected chi connectivity index (χ0v) is 37.2. The molecule has 0 bridgehead atoms. The van der Waals surface area contributed by atoms with Crippen LogP contribution in [0, 0.1) is 12.8 Å². The monoisotopic (exact) mass is 819 g/mol. The minimum absolute atomic E-state index is 0.538. The quantitative estimate of drug-likeness (QED) is 0.121. The summed E-state index contributed by atoms with van der Waals surface area (Å²) in [5.74, 6) is 1.65. The highest BCUT2D eigenvalue weighted by Crippen LogP contribution is 2.53. The predicted octanol–water partition coefficient (Wildman–Crippen LogP) is 12.7. The van der Waals surface area contributed by atoms with Crippen molar-refractivity contribution in [2.45, 2.75) is 52.5 Å². The van der Waals surface area contributed by atoms with Crippen molar-refractivity contribution < 1.29 is 13.6 Å². The van der Waals surface area contributed by atoms with Gasteiger partial charge in [0.15, 0.2) is 22.8 Å². The predicted molar refractivity (Wildman–Crippen MR) is 257 cm³/mol. The van der Waals surface area contributed by atoms with Gasteiger partial charge in [-0.15, -0.1) is 9.13 Å². The summed E-state index contributed by atoms with van der Waals surface area (Å²) in [6, 6.07) is 60.7. The number of hydrogen-bond acceptors (Lipinski definition) is 1. The molecule has 7 aromatic carbocycles. The number of rotatable bonds is 6. The molecule has 10 aromatic rings. The van der Waals surface area contributed by atoms with Crippen LogP contribution in [0.5, 0.6) is 0 Å². The third-order valence-electron chi connectivity index (χ3n) is 13.5. The number of aryl methyl sites for hydroxylation is 1. The minimum Gasteiger partial charge on any atom is -0.455 e. The van der Waals surface area contributed by atoms with Gasteiger partial charge in [0.2, 0.25) is 5.69 Å². The minimum atomic E-state index is -1.86. The fraction of sp³-hybridized carbons (Fsp3) is 0.158. The van der Waals surface area contributed by atoms with E-state index in [2.05, 4.69) is 224 Å². The van der Waals surface area contributed by atoms with Crippen molar-refractivity contribution in [3.05, 3.63) is 192 Å². The Morgan fingerprint density at radius 1 is 0.645 bits per heavy atom. The maximum atomic E-state index is 7.18. The molecule has 3 aromatic heterocycles. The summed E-state index contributed by atoms with van der Waals surface area (Å²) in [5.41, 5.74) is 18.1. The van der Waals surface area contributed by atoms with Gasteiger partial charge in [-0.1, -0.05) is 154 Å². The van der Waals surface area contributed by atoms with Gasteiger partial charge < -0.3 is 4.42 Å². The summed E-state index contributed by atoms with van der Waals surface area (Å²) >= 11 is 0. The molecule has 300 valence electrons. The lowest BCUT2D eigenvalue weighted by molar-refractivity contribution is -0.944. The van der Waals surface area contributed by atoms with Gasteiger partial charge in [-0.3, -0.25) is 0 Å². The molecule has 0 aliphatic carbocycles. The molecule has 4 nitrogen and oxygen atoms in total. The summed E-state index contributed by atoms with van der Waals surface area (Å²) in [5, 5.41) is 3.77. The molecule has 0 saturated heterocycles. The molecule has 5 heterocycles. The van der Waals surface area contributed by atoms with Crippen LogP contribution in [0.1, 0.15) is 36.1 Å². The van der Waals surface area contributed by atoms with Crippen LogP contribution in [0.2, 0.25) is 19.6 Å². The maximum absolute atomic E-state index is 7.18. The van der Waals surface area contributed by atoms with Crippen molar-refractivity contribution in [3.63, 3.8) is 0 Å². The van der Waals surface area contributed by atoms with Crippen molar-refractivity contribution in [2.24, 2.45) is 5.92 Å². The highest BCUT2D eigenvalue weighted by molar-refractivity contribution is 6.89. The lowest BCUT2D eigenvalue weighted by Gasteiger charge is -2.24. The largest absolute Gasteiger partial charge is 0.455 e. The Morgan fingerprint density at radius 3 is 2.02 bits per heavy atom. The second-order valence-corrected chi connectivity index (χ2v) is 24.0. The van der Waals surface area contributed by atoms with E-state index >= 15 is 0 Å². The molecule has 1 unspecified atom stereocenters. The van der Waals surface area contributed by atoms with Crippen molar-refractivity contribution in [3.8, 4) is 50.6 Å². The van der Waals surface area contributed by atoms with Crippen LogP contribution in [0.15, 0.2) is 174 Å². The summed E-state index contributed by atoms with van der Waals surface area (Å²) < 4.78 is 15.1. The molecule has 0 radical (unpaired) electrons. The third kappa shape index (κ3) is 5.06. The smallest absolute Gasteiger partial charge is 0.364 e. The molecule has 12 rings (SSSR count). The first-order chi connectivity index (χ1) is 30.1. The van der Waals surface area contributed by atoms with E-state index in [-0.39, 0.29) is 0 Å². The fourth-order valence-corrected chi connectivity index (χ4v) is 12.7. The third-order valence-corrected chi connectivity index (χ3v) is 15.5. The van der Waals surface area contributed by atoms with Crippen molar-refractivity contribution in [2.75, 3.05) is 0 Å². The van der Waals surface area contributed by atoms with Crippen molar-refractivity contribution >= 4 is 46.2 Å². The molecule has 0 N–H and O–H groups in total. The first-order valence-corrected chi connectivity index (χ1v) is 25.6. The summed E-state index contributed by atoms with van der Waals surface area (Å²) in [6.45, 7) is 14.5. The molecular formula is C57H49N3OSi+2. The van der Waals surface area contributed by atoms with E-state index < -0.39 is 13.7 Å². The van der Waals surface area contributed by atoms with E-state index in [1.165, 1.54) is 61.0 Å². The molecule has 2 aliphatic heterocycles. The highest BCUT2D eigenvalue weighted by atomic mass is 28.3. The number of furan rings is 1. The number of pyridine rings is 1. The average molecular weight is 820 g/mol. The summed E-state index contributed by atoms with van der Waals surface area (Å²) in [4.78, 5) is 0. The number of para-hydroxylation sites is 4. The van der Waals surface area contributed by atoms with Crippen LogP contribution in [-0.2, 0) is 12.1 Å². The molecule has 0 saturated carbocycles. The van der Waals surface area contributed by atoms with Crippen LogP contribution < -0.4 is 14.3 Å². The second-order valence-electron chi connectivity index (χ2n) is 18.9. The van der Waals surface area contributed by atoms with Gasteiger partial charge >= 0.3 is 11.5 Å². The molecule has 2 aliphatic rings. The van der Waals surface area contributed by atoms with Gasteiger partial charge in [-0.05, 0) is 78.4 Å². The lowest BCUT2D eigenvalue weighted by Crippen LogP contribution is -2.72. The van der Waals surface area contributed by atoms with Crippen LogP contribution in [0.3, 0.4) is 0 Å². The molecular weight excluding hydrogens is 771 g/mol. The first-order valence-electron chi connectivity index (χ1n) is 22.1. The van der Waals surface area contributed by atoms with E-state index in [9.17, 15) is 0 Å². The Hall–Kier alpha value is -6.82. The standard InChI is InChI=1S/C57H49N3OSi/c1-36(2)32-40-34-50-45-33-37(3)28-30-46(45)57(58(50)35-52(40)62(4,5)6)47-31-29-44-43-22-13-16-27-51(43)61-55(44)53(47)56-59(48-25-14-15-26-49(48)60(56)57)54-41(38-18-9-7-10-19-38)23-17-24-42(54)39-20-11-8-12-21-39/h7-31,33-36H,32H2,1-6H3/q+2. The number of fused-ring (bicyclic) bond motifs is 16. The molecule has 0 fully saturated rings. The Kier molecular flexibility index (Phi) is 7.95. The van der Waals surface area contributed by atoms with Gasteiger partial charge in [0, 0.05) is 33.2 Å². The Morgan fingerprint density at radius 2 is 1.31 bits per heavy atom. The number of aromatic nitrogens is 3. The van der Waals surface area contributed by atoms with Gasteiger partial charge in [0.25, 0.3) is 0 Å². The van der Waals surface area contributed by atoms with Gasteiger partial charge in [0.1, 0.15) is 16.8 Å². The average Bonchev–Trinajstić information content (AvgIpc) is 3.99. The SMILES string of the molecule is Cc1ccc2c(c1)-c1cc(CC(C)C)c([Si](C)(C)C)c[n+]1C21c2ccc3c(oc4ccccc43)c2-c2n(-c3c(-c4ccccc4)cccc3-c3ccccc3)c3ccccc3[n+]21. The van der Waals surface area contributed by atoms with Gasteiger partial charge in [-0.25, -0.2) is 0 Å². The van der Waals surface area contributed by atoms with E-state index in [1.807, 2.05) is 0 Å². The van der Waals surface area contributed by atoms with Gasteiger partial charge in [0.05, 0.1) is 24.8 Å². The van der Waals surface area contributed by atoms with E-state index in [0.717, 1.165) is 56.5 Å². The number of nitrogens with zero attached hydrogens (tertiary/aromatic N) is 3. The molecule has 62 heavy (non-hydrogen) atoms. The highest BCUT2D eigenvalue weighted by Gasteiger charge is 2.67. The maximum Gasteiger partial charge on any atom is 0.364 e. The second kappa shape index (κ2) is 13.3. The Balaban J connectivity index is 1.33. The fourth-order valence-electron chi connectivity index (χ4n) is 11.0. The van der Waals surface area contributed by atoms with Crippen LogP contribution >= 0.6 is 0 Å². The van der Waals surface area contributed by atoms with E-state index in [1.54, 1.807) is 0 Å². The number of imidazole rings is 1. The lowest BCUT2D eigenvalue weighted by atomic mass is 9.88. The Labute approximate surface area is 364 Å². The van der Waals surface area contributed by atoms with Crippen molar-refractivity contribution in [1.82, 2.24) is 4.57 Å². The van der Waals surface area contributed by atoms with E-state index in [0.29, 0.717) is 5.92 Å². The van der Waals surface area contributed by atoms with Crippen LogP contribution in [0.25, 0.3) is 83.6 Å². The van der Waals surface area contributed by atoms with Crippen molar-refractivity contribution in [1.29, 1.82) is 0 Å². The van der Waals surface area contributed by atoms with Crippen LogP contribution in [-0.4, -0.2) is 12.6 Å². The molecule has 0 amide bonds.